The Bertz CT molecular complexity index is 1170. The zero-order valence-electron chi connectivity index (χ0n) is 16.5. The Hall–Kier alpha value is -1.31. The van der Waals surface area contributed by atoms with Crippen LogP contribution < -0.4 is 5.32 Å². The molecule has 30 heavy (non-hydrogen) atoms. The highest BCUT2D eigenvalue weighted by molar-refractivity contribution is 14.2. The number of fused-ring (bicyclic) bond motifs is 3. The van der Waals surface area contributed by atoms with Crippen molar-refractivity contribution in [3.05, 3.63) is 41.9 Å². The highest BCUT2D eigenvalue weighted by atomic mass is 127. The molecule has 9 heteroatoms. The predicted octanol–water partition coefficient (Wildman–Crippen LogP) is 4.26. The van der Waals surface area contributed by atoms with E-state index in [1.165, 1.54) is 12.5 Å². The van der Waals surface area contributed by atoms with Crippen LogP contribution in [0.3, 0.4) is 0 Å². The fourth-order valence-corrected chi connectivity index (χ4v) is 5.39. The molecule has 3 aromatic rings. The topological polar surface area (TPSA) is 78.3 Å². The number of aromatic nitrogens is 3. The Morgan fingerprint density at radius 3 is 2.87 bits per heavy atom. The molecule has 1 fully saturated rings. The molecule has 0 bridgehead atoms. The number of ether oxygens (including phenoxy) is 2. The van der Waals surface area contributed by atoms with Gasteiger partial charge in [0.05, 0.1) is 36.3 Å². The van der Waals surface area contributed by atoms with E-state index < -0.39 is 5.60 Å². The Morgan fingerprint density at radius 2 is 2.13 bits per heavy atom. The van der Waals surface area contributed by atoms with Crippen molar-refractivity contribution >= 4 is 67.8 Å². The van der Waals surface area contributed by atoms with Crippen LogP contribution in [0.1, 0.15) is 24.6 Å². The number of pyridine rings is 2. The lowest BCUT2D eigenvalue weighted by Crippen LogP contribution is -2.42. The number of hydrogen-bond acceptors (Lipinski definition) is 5. The second kappa shape index (κ2) is 7.38. The van der Waals surface area contributed by atoms with Gasteiger partial charge >= 0.3 is 0 Å². The van der Waals surface area contributed by atoms with Gasteiger partial charge in [-0.15, -0.1) is 0 Å². The van der Waals surface area contributed by atoms with E-state index in [1.807, 2.05) is 17.7 Å². The average Bonchev–Trinajstić information content (AvgIpc) is 3.30. The lowest BCUT2D eigenvalue weighted by molar-refractivity contribution is -0.114. The summed E-state index contributed by atoms with van der Waals surface area (Å²) in [5, 5.41) is 3.76. The highest BCUT2D eigenvalue weighted by Crippen LogP contribution is 2.51. The van der Waals surface area contributed by atoms with Gasteiger partial charge in [0.2, 0.25) is 5.91 Å². The van der Waals surface area contributed by atoms with Gasteiger partial charge in [0.25, 0.3) is 0 Å². The van der Waals surface area contributed by atoms with Crippen molar-refractivity contribution < 1.29 is 14.3 Å². The van der Waals surface area contributed by atoms with Crippen LogP contribution in [0.15, 0.2) is 30.6 Å². The molecule has 1 atom stereocenters. The van der Waals surface area contributed by atoms with Crippen LogP contribution in [0.25, 0.3) is 22.2 Å². The maximum absolute atomic E-state index is 11.5. The molecular weight excluding hydrogens is 610 g/mol. The molecular formula is C21H20I2N4O3. The van der Waals surface area contributed by atoms with Crippen LogP contribution in [0.2, 0.25) is 0 Å². The van der Waals surface area contributed by atoms with Crippen LogP contribution in [0.4, 0.5) is 5.82 Å². The number of amides is 1. The third kappa shape index (κ3) is 3.33. The summed E-state index contributed by atoms with van der Waals surface area (Å²) in [5.41, 5.74) is 4.55. The third-order valence-corrected chi connectivity index (χ3v) is 7.48. The monoisotopic (exact) mass is 630 g/mol. The zero-order chi connectivity index (χ0) is 21.1. The minimum Gasteiger partial charge on any atom is -0.378 e. The van der Waals surface area contributed by atoms with Gasteiger partial charge in [-0.1, -0.05) is 51.2 Å². The van der Waals surface area contributed by atoms with E-state index in [9.17, 15) is 4.79 Å². The number of hydrogen-bond donors (Lipinski definition) is 1. The van der Waals surface area contributed by atoms with Crippen LogP contribution >= 0.6 is 45.2 Å². The summed E-state index contributed by atoms with van der Waals surface area (Å²) in [7, 11) is 1.99. The van der Waals surface area contributed by atoms with Crippen LogP contribution in [-0.4, -0.2) is 40.3 Å². The van der Waals surface area contributed by atoms with Crippen LogP contribution in [-0.2, 0) is 28.3 Å². The van der Waals surface area contributed by atoms with Crippen molar-refractivity contribution in [3.63, 3.8) is 0 Å². The summed E-state index contributed by atoms with van der Waals surface area (Å²) in [6.07, 6.45) is 4.64. The Balaban J connectivity index is 1.68. The standard InChI is InChI=1S/C21H20I2N4O3/c1-12(28)25-18-7-13-14(9-27(2)17(13)8-24-18)16-4-3-15-19(26-16)20(5-6-29-10-20)30-11-21(15,22)23/h3-4,7-9H,5-6,10-11H2,1-2H3,(H,24,25,28). The molecule has 5 heterocycles. The molecule has 1 amide bonds. The van der Waals surface area contributed by atoms with Crippen molar-refractivity contribution in [2.75, 3.05) is 25.1 Å². The lowest BCUT2D eigenvalue weighted by atomic mass is 9.89. The molecule has 156 valence electrons. The molecule has 1 unspecified atom stereocenters. The number of carbonyl (C=O) groups excluding carboxylic acids is 1. The summed E-state index contributed by atoms with van der Waals surface area (Å²) < 4.78 is 13.9. The molecule has 0 saturated carbocycles. The molecule has 5 rings (SSSR count). The fourth-order valence-electron chi connectivity index (χ4n) is 4.20. The van der Waals surface area contributed by atoms with E-state index >= 15 is 0 Å². The summed E-state index contributed by atoms with van der Waals surface area (Å²) in [5.74, 6) is 0.384. The predicted molar refractivity (Wildman–Crippen MR) is 131 cm³/mol. The number of anilines is 1. The molecule has 3 aromatic heterocycles. The Labute approximate surface area is 201 Å². The third-order valence-electron chi connectivity index (χ3n) is 5.69. The van der Waals surface area contributed by atoms with E-state index in [2.05, 4.69) is 73.8 Å². The Kier molecular flexibility index (Phi) is 5.07. The SMILES string of the molecule is CC(=O)Nc1cc2c(-c3ccc4c(n3)C3(CCOC3)OCC4(I)I)cn(C)c2cn1. The maximum atomic E-state index is 11.5. The van der Waals surface area contributed by atoms with Crippen LogP contribution in [0.5, 0.6) is 0 Å². The molecule has 2 aliphatic rings. The summed E-state index contributed by atoms with van der Waals surface area (Å²) in [4.78, 5) is 21.0. The quantitative estimate of drug-likeness (QED) is 0.339. The molecule has 1 N–H and O–H groups in total. The first kappa shape index (κ1) is 20.6. The van der Waals surface area contributed by atoms with E-state index in [4.69, 9.17) is 14.5 Å². The molecule has 0 radical (unpaired) electrons. The second-order valence-electron chi connectivity index (χ2n) is 7.80. The van der Waals surface area contributed by atoms with Gasteiger partial charge in [-0.05, 0) is 12.1 Å². The number of nitrogens with zero attached hydrogens (tertiary/aromatic N) is 3. The summed E-state index contributed by atoms with van der Waals surface area (Å²) in [6.45, 7) is 3.32. The van der Waals surface area contributed by atoms with Crippen molar-refractivity contribution in [2.24, 2.45) is 7.05 Å². The number of rotatable bonds is 2. The first-order valence-corrected chi connectivity index (χ1v) is 11.8. The van der Waals surface area contributed by atoms with E-state index in [1.54, 1.807) is 6.20 Å². The lowest BCUT2D eigenvalue weighted by Gasteiger charge is -2.39. The number of nitrogens with one attached hydrogen (secondary N) is 1. The highest BCUT2D eigenvalue weighted by Gasteiger charge is 2.49. The van der Waals surface area contributed by atoms with Gasteiger partial charge in [-0.25, -0.2) is 9.97 Å². The van der Waals surface area contributed by atoms with Gasteiger partial charge < -0.3 is 19.4 Å². The fraction of sp³-hybridized carbons (Fsp3) is 0.381. The van der Waals surface area contributed by atoms with Gasteiger partial charge in [-0.3, -0.25) is 4.79 Å². The molecule has 2 aliphatic heterocycles. The zero-order valence-corrected chi connectivity index (χ0v) is 20.9. The summed E-state index contributed by atoms with van der Waals surface area (Å²) >= 11 is 4.88. The van der Waals surface area contributed by atoms with Crippen molar-refractivity contribution in [1.82, 2.24) is 14.5 Å². The molecule has 1 spiro atoms. The first-order valence-electron chi connectivity index (χ1n) is 9.64. The first-order chi connectivity index (χ1) is 14.3. The van der Waals surface area contributed by atoms with E-state index in [0.717, 1.165) is 34.3 Å². The van der Waals surface area contributed by atoms with Crippen LogP contribution in [0, 0.1) is 0 Å². The van der Waals surface area contributed by atoms with Gasteiger partial charge in [-0.2, -0.15) is 0 Å². The number of alkyl halides is 2. The van der Waals surface area contributed by atoms with E-state index in [-0.39, 0.29) is 7.34 Å². The van der Waals surface area contributed by atoms with Gasteiger partial charge in [0.1, 0.15) is 12.8 Å². The smallest absolute Gasteiger partial charge is 0.222 e. The molecule has 0 aliphatic carbocycles. The maximum Gasteiger partial charge on any atom is 0.222 e. The molecule has 7 nitrogen and oxygen atoms in total. The number of aryl methyl sites for hydroxylation is 1. The summed E-state index contributed by atoms with van der Waals surface area (Å²) in [6, 6.07) is 6.15. The second-order valence-corrected chi connectivity index (χ2v) is 13.6. The van der Waals surface area contributed by atoms with Gasteiger partial charge in [0.15, 0.2) is 0 Å². The number of halogens is 2. The van der Waals surface area contributed by atoms with Crippen molar-refractivity contribution in [2.45, 2.75) is 20.4 Å². The average molecular weight is 630 g/mol. The van der Waals surface area contributed by atoms with Gasteiger partial charge in [0, 0.05) is 49.7 Å². The minimum absolute atomic E-state index is 0.146. The van der Waals surface area contributed by atoms with Crippen molar-refractivity contribution in [3.8, 4) is 11.3 Å². The van der Waals surface area contributed by atoms with E-state index in [0.29, 0.717) is 25.6 Å². The van der Waals surface area contributed by atoms with Crippen molar-refractivity contribution in [1.29, 1.82) is 0 Å². The Morgan fingerprint density at radius 1 is 1.30 bits per heavy atom. The normalized spacial score (nSPS) is 22.4. The molecule has 1 saturated heterocycles. The largest absolute Gasteiger partial charge is 0.378 e. The number of carbonyl (C=O) groups is 1. The molecule has 0 aromatic carbocycles. The minimum atomic E-state index is -0.474.